The fraction of sp³-hybridized carbons (Fsp3) is 0.667. The van der Waals surface area contributed by atoms with E-state index in [9.17, 15) is 13.6 Å². The van der Waals surface area contributed by atoms with Crippen LogP contribution in [0.3, 0.4) is 0 Å². The van der Waals surface area contributed by atoms with Crippen molar-refractivity contribution in [2.24, 2.45) is 0 Å². The predicted octanol–water partition coefficient (Wildman–Crippen LogP) is 1.89. The summed E-state index contributed by atoms with van der Waals surface area (Å²) in [4.78, 5) is 10.9. The lowest BCUT2D eigenvalue weighted by molar-refractivity contribution is -0.159. The van der Waals surface area contributed by atoms with Crippen molar-refractivity contribution in [2.75, 3.05) is 6.54 Å². The maximum atomic E-state index is 13.0. The van der Waals surface area contributed by atoms with Crippen molar-refractivity contribution in [3.8, 4) is 0 Å². The van der Waals surface area contributed by atoms with E-state index in [0.717, 1.165) is 11.3 Å². The number of esters is 1. The lowest BCUT2D eigenvalue weighted by Crippen LogP contribution is -2.29. The van der Waals surface area contributed by atoms with Crippen LogP contribution in [0.25, 0.3) is 0 Å². The minimum absolute atomic E-state index is 0.112. The molecule has 1 aliphatic rings. The molecule has 0 bridgehead atoms. The Morgan fingerprint density at radius 1 is 1.53 bits per heavy atom. The first-order valence-corrected chi connectivity index (χ1v) is 6.06. The molecule has 0 aromatic carbocycles. The second-order valence-corrected chi connectivity index (χ2v) is 4.80. The summed E-state index contributed by atoms with van der Waals surface area (Å²) in [5, 5.41) is 6.89. The lowest BCUT2D eigenvalue weighted by Gasteiger charge is -2.16. The predicted molar refractivity (Wildman–Crippen MR) is 61.8 cm³/mol. The number of halogens is 2. The molecule has 2 rings (SSSR count). The average Bonchev–Trinajstić information content (AvgIpc) is 2.77. The number of nitrogens with one attached hydrogen (secondary N) is 1. The number of hydrogen-bond acceptors (Lipinski definition) is 5. The highest BCUT2D eigenvalue weighted by atomic mass is 19.3. The number of rotatable bonds is 4. The number of nitrogens with zero attached hydrogens (tertiary/aromatic N) is 1. The van der Waals surface area contributed by atoms with Crippen LogP contribution in [0.2, 0.25) is 0 Å². The SMILES string of the molecule is Cc1noc(C)c1C(C)NCC1CC(F)(F)C(=O)O1. The zero-order valence-corrected chi connectivity index (χ0v) is 11.0. The van der Waals surface area contributed by atoms with Crippen molar-refractivity contribution < 1.29 is 22.8 Å². The number of cyclic esters (lactones) is 1. The molecule has 0 amide bonds. The minimum atomic E-state index is -3.36. The first-order chi connectivity index (χ1) is 8.81. The molecule has 1 saturated heterocycles. The molecule has 1 aliphatic heterocycles. The number of alkyl halides is 2. The van der Waals surface area contributed by atoms with Gasteiger partial charge in [-0.1, -0.05) is 5.16 Å². The Morgan fingerprint density at radius 3 is 2.68 bits per heavy atom. The number of aromatic nitrogens is 1. The van der Waals surface area contributed by atoms with Crippen LogP contribution in [0.4, 0.5) is 8.78 Å². The van der Waals surface area contributed by atoms with Crippen molar-refractivity contribution in [3.05, 3.63) is 17.0 Å². The molecule has 2 unspecified atom stereocenters. The van der Waals surface area contributed by atoms with Crippen LogP contribution >= 0.6 is 0 Å². The van der Waals surface area contributed by atoms with Crippen LogP contribution in [0.1, 0.15) is 36.4 Å². The van der Waals surface area contributed by atoms with Gasteiger partial charge in [0.25, 0.3) is 0 Å². The summed E-state index contributed by atoms with van der Waals surface area (Å²) >= 11 is 0. The van der Waals surface area contributed by atoms with Gasteiger partial charge in [-0.25, -0.2) is 4.79 Å². The van der Waals surface area contributed by atoms with E-state index in [1.165, 1.54) is 0 Å². The largest absolute Gasteiger partial charge is 0.456 e. The second-order valence-electron chi connectivity index (χ2n) is 4.80. The van der Waals surface area contributed by atoms with Crippen LogP contribution in [0, 0.1) is 13.8 Å². The van der Waals surface area contributed by atoms with Crippen molar-refractivity contribution in [1.82, 2.24) is 10.5 Å². The van der Waals surface area contributed by atoms with Crippen LogP contribution in [-0.4, -0.2) is 29.7 Å². The molecule has 0 saturated carbocycles. The molecule has 2 heterocycles. The van der Waals surface area contributed by atoms with Gasteiger partial charge in [-0.15, -0.1) is 0 Å². The number of ether oxygens (including phenoxy) is 1. The number of hydrogen-bond donors (Lipinski definition) is 1. The summed E-state index contributed by atoms with van der Waals surface area (Å²) in [6.07, 6.45) is -1.38. The van der Waals surface area contributed by atoms with E-state index in [2.05, 4.69) is 15.2 Å². The van der Waals surface area contributed by atoms with E-state index in [1.54, 1.807) is 6.92 Å². The molecule has 1 fully saturated rings. The third-order valence-corrected chi connectivity index (χ3v) is 3.23. The van der Waals surface area contributed by atoms with Crippen LogP contribution in [0.5, 0.6) is 0 Å². The summed E-state index contributed by atoms with van der Waals surface area (Å²) < 4.78 is 35.6. The summed E-state index contributed by atoms with van der Waals surface area (Å²) in [5.74, 6) is -4.12. The molecule has 0 aliphatic carbocycles. The minimum Gasteiger partial charge on any atom is -0.456 e. The van der Waals surface area contributed by atoms with E-state index in [0.29, 0.717) is 5.76 Å². The Hall–Kier alpha value is -1.50. The Kier molecular flexibility index (Phi) is 3.58. The van der Waals surface area contributed by atoms with E-state index in [4.69, 9.17) is 4.52 Å². The third-order valence-electron chi connectivity index (χ3n) is 3.23. The second kappa shape index (κ2) is 4.88. The van der Waals surface area contributed by atoms with E-state index in [1.807, 2.05) is 13.8 Å². The van der Waals surface area contributed by atoms with Gasteiger partial charge in [-0.3, -0.25) is 0 Å². The monoisotopic (exact) mass is 274 g/mol. The van der Waals surface area contributed by atoms with Gasteiger partial charge in [-0.2, -0.15) is 8.78 Å². The van der Waals surface area contributed by atoms with Crippen molar-refractivity contribution in [3.63, 3.8) is 0 Å². The quantitative estimate of drug-likeness (QED) is 0.849. The molecular weight excluding hydrogens is 258 g/mol. The average molecular weight is 274 g/mol. The van der Waals surface area contributed by atoms with E-state index >= 15 is 0 Å². The molecule has 5 nitrogen and oxygen atoms in total. The third kappa shape index (κ3) is 2.75. The smallest absolute Gasteiger partial charge is 0.377 e. The van der Waals surface area contributed by atoms with Gasteiger partial charge in [0.1, 0.15) is 11.9 Å². The van der Waals surface area contributed by atoms with E-state index < -0.39 is 24.4 Å². The molecule has 1 aromatic rings. The fourth-order valence-electron chi connectivity index (χ4n) is 2.28. The van der Waals surface area contributed by atoms with Crippen molar-refractivity contribution in [2.45, 2.75) is 45.3 Å². The lowest BCUT2D eigenvalue weighted by atomic mass is 10.1. The first kappa shape index (κ1) is 13.9. The molecule has 7 heteroatoms. The normalized spacial score (nSPS) is 23.4. The zero-order chi connectivity index (χ0) is 14.2. The molecule has 1 aromatic heterocycles. The molecular formula is C12H16F2N2O3. The standard InChI is InChI=1S/C12H16F2N2O3/c1-6(10-7(2)16-19-8(10)3)15-5-9-4-12(13,14)11(17)18-9/h6,9,15H,4-5H2,1-3H3. The molecule has 1 N–H and O–H groups in total. The Morgan fingerprint density at radius 2 is 2.21 bits per heavy atom. The number of carbonyl (C=O) groups excluding carboxylic acids is 1. The van der Waals surface area contributed by atoms with Gasteiger partial charge in [-0.05, 0) is 20.8 Å². The number of carbonyl (C=O) groups is 1. The maximum absolute atomic E-state index is 13.0. The Balaban J connectivity index is 1.92. The van der Waals surface area contributed by atoms with E-state index in [-0.39, 0.29) is 12.6 Å². The van der Waals surface area contributed by atoms with Gasteiger partial charge >= 0.3 is 11.9 Å². The molecule has 2 atom stereocenters. The molecule has 0 spiro atoms. The van der Waals surface area contributed by atoms with Gasteiger partial charge in [0.15, 0.2) is 0 Å². The molecule has 106 valence electrons. The summed E-state index contributed by atoms with van der Waals surface area (Å²) in [6, 6.07) is -0.112. The van der Waals surface area contributed by atoms with Gasteiger partial charge < -0.3 is 14.6 Å². The highest BCUT2D eigenvalue weighted by molar-refractivity contribution is 5.79. The summed E-state index contributed by atoms with van der Waals surface area (Å²) in [5.41, 5.74) is 1.65. The highest BCUT2D eigenvalue weighted by Gasteiger charge is 2.50. The molecule has 0 radical (unpaired) electrons. The maximum Gasteiger partial charge on any atom is 0.377 e. The van der Waals surface area contributed by atoms with Gasteiger partial charge in [0.05, 0.1) is 12.1 Å². The first-order valence-electron chi connectivity index (χ1n) is 6.06. The topological polar surface area (TPSA) is 64.4 Å². The number of aryl methyl sites for hydroxylation is 2. The molecule has 19 heavy (non-hydrogen) atoms. The summed E-state index contributed by atoms with van der Waals surface area (Å²) in [6.45, 7) is 5.65. The zero-order valence-electron chi connectivity index (χ0n) is 11.0. The summed E-state index contributed by atoms with van der Waals surface area (Å²) in [7, 11) is 0. The van der Waals surface area contributed by atoms with Crippen LogP contribution < -0.4 is 5.32 Å². The van der Waals surface area contributed by atoms with Crippen LogP contribution in [0.15, 0.2) is 4.52 Å². The Bertz CT molecular complexity index is 468. The van der Waals surface area contributed by atoms with Gasteiger partial charge in [0, 0.05) is 18.2 Å². The van der Waals surface area contributed by atoms with Crippen molar-refractivity contribution >= 4 is 5.97 Å². The van der Waals surface area contributed by atoms with Crippen molar-refractivity contribution in [1.29, 1.82) is 0 Å². The van der Waals surface area contributed by atoms with Crippen LogP contribution in [-0.2, 0) is 9.53 Å². The Labute approximate surface area is 109 Å². The fourth-order valence-corrected chi connectivity index (χ4v) is 2.28. The highest BCUT2D eigenvalue weighted by Crippen LogP contribution is 2.31. The van der Waals surface area contributed by atoms with Gasteiger partial charge in [0.2, 0.25) is 0 Å².